The summed E-state index contributed by atoms with van der Waals surface area (Å²) in [6.45, 7) is 5.04. The molecule has 3 aromatic carbocycles. The van der Waals surface area contributed by atoms with Crippen LogP contribution in [0.2, 0.25) is 0 Å². The summed E-state index contributed by atoms with van der Waals surface area (Å²) in [5.41, 5.74) is 6.82. The second kappa shape index (κ2) is 17.5. The van der Waals surface area contributed by atoms with E-state index in [0.717, 1.165) is 99.1 Å². The molecule has 0 aliphatic heterocycles. The van der Waals surface area contributed by atoms with Gasteiger partial charge in [-0.1, -0.05) is 13.3 Å². The lowest BCUT2D eigenvalue weighted by Gasteiger charge is -2.01. The van der Waals surface area contributed by atoms with Crippen LogP contribution in [0, 0.1) is 0 Å². The molecule has 0 fully saturated rings. The Balaban J connectivity index is 0.000000129. The normalized spacial score (nSPS) is 10.8. The molecule has 0 spiro atoms. The van der Waals surface area contributed by atoms with Crippen LogP contribution in [0.15, 0.2) is 110 Å². The second-order valence-corrected chi connectivity index (χ2v) is 15.5. The van der Waals surface area contributed by atoms with Crippen molar-refractivity contribution in [3.63, 3.8) is 0 Å². The fourth-order valence-corrected chi connectivity index (χ4v) is 8.51. The highest BCUT2D eigenvalue weighted by molar-refractivity contribution is 7.22. The third-order valence-corrected chi connectivity index (χ3v) is 11.5. The van der Waals surface area contributed by atoms with E-state index in [2.05, 4.69) is 59.6 Å². The molecule has 9 aromatic rings. The largest absolute Gasteiger partial charge is 0.508 e. The fraction of sp³-hybridized carbons (Fsp3) is 0.143. The lowest BCUT2D eigenvalue weighted by Crippen LogP contribution is -1.98. The van der Waals surface area contributed by atoms with E-state index < -0.39 is 0 Å². The number of hydrogen-bond acceptors (Lipinski definition) is 14. The van der Waals surface area contributed by atoms with Crippen molar-refractivity contribution in [1.82, 2.24) is 29.9 Å². The molecule has 0 saturated heterocycles. The maximum Gasteiger partial charge on any atom is 0.126 e. The van der Waals surface area contributed by atoms with Crippen LogP contribution >= 0.6 is 34.0 Å². The summed E-state index contributed by atoms with van der Waals surface area (Å²) in [5, 5.41) is 37.3. The summed E-state index contributed by atoms with van der Waals surface area (Å²) >= 11 is 4.67. The Labute approximate surface area is 335 Å². The summed E-state index contributed by atoms with van der Waals surface area (Å²) in [5.74, 6) is 2.51. The van der Waals surface area contributed by atoms with Gasteiger partial charge < -0.3 is 26.0 Å². The Morgan fingerprint density at radius 2 is 0.946 bits per heavy atom. The lowest BCUT2D eigenvalue weighted by atomic mass is 10.2. The van der Waals surface area contributed by atoms with Gasteiger partial charge in [0.2, 0.25) is 0 Å². The Bertz CT molecular complexity index is 2570. The van der Waals surface area contributed by atoms with E-state index in [-0.39, 0.29) is 17.2 Å². The van der Waals surface area contributed by atoms with Gasteiger partial charge in [0.15, 0.2) is 0 Å². The number of phenols is 3. The number of fused-ring (bicyclic) bond motifs is 3. The van der Waals surface area contributed by atoms with Crippen LogP contribution in [0.5, 0.6) is 17.2 Å². The molecule has 0 aliphatic carbocycles. The first-order valence-corrected chi connectivity index (χ1v) is 20.3. The van der Waals surface area contributed by atoms with Crippen LogP contribution < -0.4 is 10.6 Å². The van der Waals surface area contributed by atoms with E-state index in [1.165, 1.54) is 0 Å². The summed E-state index contributed by atoms with van der Waals surface area (Å²) in [6, 6.07) is 27.6. The van der Waals surface area contributed by atoms with E-state index >= 15 is 0 Å². The number of thiazole rings is 3. The van der Waals surface area contributed by atoms with Gasteiger partial charge in [0.05, 0.1) is 30.6 Å². The average Bonchev–Trinajstić information content (AvgIpc) is 3.96. The molecule has 0 saturated carbocycles. The first-order valence-electron chi connectivity index (χ1n) is 17.9. The maximum atomic E-state index is 9.47. The highest BCUT2D eigenvalue weighted by Gasteiger charge is 2.10. The summed E-state index contributed by atoms with van der Waals surface area (Å²) in [6.07, 6.45) is 7.60. The van der Waals surface area contributed by atoms with E-state index in [1.54, 1.807) is 76.6 Å². The highest BCUT2D eigenvalue weighted by Crippen LogP contribution is 2.34. The van der Waals surface area contributed by atoms with Crippen molar-refractivity contribution < 1.29 is 15.3 Å². The number of anilines is 2. The van der Waals surface area contributed by atoms with Gasteiger partial charge in [-0.25, -0.2) is 24.9 Å². The predicted octanol–water partition coefficient (Wildman–Crippen LogP) is 10.6. The zero-order valence-electron chi connectivity index (χ0n) is 30.8. The van der Waals surface area contributed by atoms with E-state index in [9.17, 15) is 15.3 Å². The maximum absolute atomic E-state index is 9.47. The molecular weight excluding hydrogens is 761 g/mol. The topological polar surface area (TPSA) is 162 Å². The molecule has 56 heavy (non-hydrogen) atoms. The fourth-order valence-electron chi connectivity index (χ4n) is 5.54. The van der Waals surface area contributed by atoms with Crippen molar-refractivity contribution in [3.8, 4) is 49.0 Å². The number of rotatable bonds is 8. The Kier molecular flexibility index (Phi) is 11.9. The van der Waals surface area contributed by atoms with Gasteiger partial charge in [-0.3, -0.25) is 4.98 Å². The van der Waals surface area contributed by atoms with Crippen molar-refractivity contribution in [3.05, 3.63) is 115 Å². The molecule has 6 heterocycles. The summed E-state index contributed by atoms with van der Waals surface area (Å²) in [4.78, 5) is 26.7. The van der Waals surface area contributed by atoms with Crippen LogP contribution in [0.1, 0.15) is 26.0 Å². The van der Waals surface area contributed by atoms with Crippen LogP contribution in [0.3, 0.4) is 0 Å². The van der Waals surface area contributed by atoms with Gasteiger partial charge in [-0.05, 0) is 104 Å². The Morgan fingerprint density at radius 3 is 1.30 bits per heavy atom. The van der Waals surface area contributed by atoms with Crippen molar-refractivity contribution >= 4 is 76.3 Å². The van der Waals surface area contributed by atoms with Crippen LogP contribution in [0.25, 0.3) is 62.4 Å². The monoisotopic (exact) mass is 798 g/mol. The Morgan fingerprint density at radius 1 is 0.518 bits per heavy atom. The molecule has 0 amide bonds. The Hall–Kier alpha value is -6.22. The number of nitrogens with zero attached hydrogens (tertiary/aromatic N) is 6. The number of aromatic hydroxyl groups is 3. The summed E-state index contributed by atoms with van der Waals surface area (Å²) < 4.78 is 2.95. The number of phenolic OH excluding ortho intramolecular Hbond substituents is 3. The van der Waals surface area contributed by atoms with E-state index in [1.807, 2.05) is 68.8 Å². The number of nitrogens with one attached hydrogen (secondary N) is 2. The minimum absolute atomic E-state index is 0.265. The molecule has 282 valence electrons. The van der Waals surface area contributed by atoms with E-state index in [0.29, 0.717) is 0 Å². The number of hydrogen-bond donors (Lipinski definition) is 5. The number of aromatic nitrogens is 6. The van der Waals surface area contributed by atoms with Crippen molar-refractivity contribution in [2.45, 2.75) is 26.7 Å². The number of aryl methyl sites for hydroxylation is 1. The predicted molar refractivity (Wildman–Crippen MR) is 231 cm³/mol. The van der Waals surface area contributed by atoms with Gasteiger partial charge in [-0.15, -0.1) is 34.0 Å². The van der Waals surface area contributed by atoms with Crippen molar-refractivity contribution in [1.29, 1.82) is 0 Å². The zero-order chi connectivity index (χ0) is 39.0. The van der Waals surface area contributed by atoms with Crippen molar-refractivity contribution in [2.75, 3.05) is 24.2 Å². The molecule has 0 radical (unpaired) electrons. The lowest BCUT2D eigenvalue weighted by molar-refractivity contribution is 0.475. The highest BCUT2D eigenvalue weighted by atomic mass is 32.1. The first-order chi connectivity index (χ1) is 27.3. The number of pyridine rings is 3. The average molecular weight is 799 g/mol. The number of benzene rings is 3. The molecule has 0 aliphatic rings. The molecule has 0 atom stereocenters. The zero-order valence-corrected chi connectivity index (χ0v) is 33.2. The van der Waals surface area contributed by atoms with Crippen LogP contribution in [-0.4, -0.2) is 58.8 Å². The van der Waals surface area contributed by atoms with Gasteiger partial charge >= 0.3 is 0 Å². The molecule has 0 unspecified atom stereocenters. The van der Waals surface area contributed by atoms with Crippen molar-refractivity contribution in [2.24, 2.45) is 0 Å². The standard InChI is InChI=1S/C15H14N2OS.C14H13N3OS.C13H11N3OS/c1-2-3-11-5-4-10(9-16-11)15-17-13-7-6-12(18)8-14(13)19-15;1-2-15-13-6-3-9(8-16-13)14-17-11-5-4-10(18)7-12(11)19-14;1-14-12-5-2-8(7-15-12)13-16-10-4-3-9(17)6-11(10)18-13/h4-9,18H,2-3H2,1H3;3-8,18H,2H2,1H3,(H,15,16);2-7,17H,1H3,(H,14,15). The SMILES string of the molecule is CCCc1ccc(-c2nc3ccc(O)cc3s2)cn1.CCNc1ccc(-c2nc3ccc(O)cc3s2)cn1.CNc1ccc(-c2nc3ccc(O)cc3s2)cn1. The van der Waals surface area contributed by atoms with Gasteiger partial charge in [0, 0.05) is 54.6 Å². The molecule has 14 heteroatoms. The summed E-state index contributed by atoms with van der Waals surface area (Å²) in [7, 11) is 1.84. The van der Waals surface area contributed by atoms with Gasteiger partial charge in [0.25, 0.3) is 0 Å². The molecular formula is C42H38N8O3S3. The second-order valence-electron chi connectivity index (χ2n) is 12.4. The quantitative estimate of drug-likeness (QED) is 0.0994. The minimum atomic E-state index is 0.265. The van der Waals surface area contributed by atoms with E-state index in [4.69, 9.17) is 0 Å². The van der Waals surface area contributed by atoms with Crippen LogP contribution in [0.4, 0.5) is 11.6 Å². The minimum Gasteiger partial charge on any atom is -0.508 e. The van der Waals surface area contributed by atoms with Crippen LogP contribution in [-0.2, 0) is 6.42 Å². The molecule has 5 N–H and O–H groups in total. The molecule has 0 bridgehead atoms. The first kappa shape index (κ1) is 38.1. The van der Waals surface area contributed by atoms with Gasteiger partial charge in [-0.2, -0.15) is 0 Å². The molecule has 6 aromatic heterocycles. The molecule has 9 rings (SSSR count). The van der Waals surface area contributed by atoms with Gasteiger partial charge in [0.1, 0.15) is 43.9 Å². The third-order valence-electron chi connectivity index (χ3n) is 8.33. The molecule has 11 nitrogen and oxygen atoms in total. The third kappa shape index (κ3) is 9.17. The smallest absolute Gasteiger partial charge is 0.126 e.